The standard InChI is InChI=1S/C24H27N3O5S/c28-22(12-7-15-27-23(29)20-10-2-3-11-21(20)24(27)30)25-17-18-8-6-9-19(16-18)33(31,32)26-13-4-1-5-14-26/h2-3,6,8-11,16H,1,4-5,7,12-15,17H2,(H,25,28). The Hall–Kier alpha value is -3.04. The maximum absolute atomic E-state index is 12.9. The summed E-state index contributed by atoms with van der Waals surface area (Å²) in [5, 5.41) is 2.79. The van der Waals surface area contributed by atoms with Gasteiger partial charge in [0.2, 0.25) is 15.9 Å². The van der Waals surface area contributed by atoms with Gasteiger partial charge in [-0.3, -0.25) is 19.3 Å². The van der Waals surface area contributed by atoms with Crippen LogP contribution in [-0.4, -0.2) is 55.0 Å². The molecule has 0 bridgehead atoms. The summed E-state index contributed by atoms with van der Waals surface area (Å²) in [5.41, 5.74) is 1.49. The number of sulfonamides is 1. The molecule has 0 aromatic heterocycles. The molecule has 4 rings (SSSR count). The van der Waals surface area contributed by atoms with Gasteiger partial charge in [-0.2, -0.15) is 4.31 Å². The Bertz CT molecular complexity index is 1140. The molecular formula is C24H27N3O5S. The predicted octanol–water partition coefficient (Wildman–Crippen LogP) is 2.55. The SMILES string of the molecule is O=C(CCCN1C(=O)c2ccccc2C1=O)NCc1cccc(S(=O)(=O)N2CCCCC2)c1. The van der Waals surface area contributed by atoms with Gasteiger partial charge in [0.05, 0.1) is 16.0 Å². The van der Waals surface area contributed by atoms with Gasteiger partial charge < -0.3 is 5.32 Å². The normalized spacial score (nSPS) is 16.7. The maximum atomic E-state index is 12.9. The Morgan fingerprint density at radius 1 is 0.909 bits per heavy atom. The van der Waals surface area contributed by atoms with Gasteiger partial charge in [0, 0.05) is 32.6 Å². The third kappa shape index (κ3) is 4.99. The maximum Gasteiger partial charge on any atom is 0.261 e. The molecule has 8 nitrogen and oxygen atoms in total. The molecule has 2 aromatic rings. The van der Waals surface area contributed by atoms with Gasteiger partial charge in [0.15, 0.2) is 0 Å². The van der Waals surface area contributed by atoms with Crippen molar-refractivity contribution < 1.29 is 22.8 Å². The Balaban J connectivity index is 1.27. The summed E-state index contributed by atoms with van der Waals surface area (Å²) in [4.78, 5) is 38.4. The number of amides is 3. The van der Waals surface area contributed by atoms with Crippen LogP contribution in [-0.2, 0) is 21.4 Å². The molecule has 3 amide bonds. The molecule has 9 heteroatoms. The molecular weight excluding hydrogens is 442 g/mol. The van der Waals surface area contributed by atoms with E-state index in [-0.39, 0.29) is 42.1 Å². The Morgan fingerprint density at radius 3 is 2.24 bits per heavy atom. The van der Waals surface area contributed by atoms with E-state index in [1.54, 1.807) is 48.5 Å². The van der Waals surface area contributed by atoms with E-state index in [2.05, 4.69) is 5.32 Å². The van der Waals surface area contributed by atoms with E-state index in [0.29, 0.717) is 36.2 Å². The lowest BCUT2D eigenvalue weighted by Crippen LogP contribution is -2.35. The van der Waals surface area contributed by atoms with Gasteiger partial charge in [-0.1, -0.05) is 30.7 Å². The van der Waals surface area contributed by atoms with Gasteiger partial charge in [-0.15, -0.1) is 0 Å². The Labute approximate surface area is 193 Å². The third-order valence-corrected chi connectivity index (χ3v) is 7.90. The van der Waals surface area contributed by atoms with E-state index in [9.17, 15) is 22.8 Å². The monoisotopic (exact) mass is 469 g/mol. The number of fused-ring (bicyclic) bond motifs is 1. The minimum absolute atomic E-state index is 0.152. The molecule has 0 unspecified atom stereocenters. The van der Waals surface area contributed by atoms with Crippen molar-refractivity contribution in [2.45, 2.75) is 43.5 Å². The minimum Gasteiger partial charge on any atom is -0.352 e. The van der Waals surface area contributed by atoms with Gasteiger partial charge in [0.25, 0.3) is 11.8 Å². The van der Waals surface area contributed by atoms with E-state index in [1.807, 2.05) is 0 Å². The van der Waals surface area contributed by atoms with Crippen molar-refractivity contribution in [3.8, 4) is 0 Å². The number of benzene rings is 2. The second kappa shape index (κ2) is 9.84. The number of hydrogen-bond acceptors (Lipinski definition) is 5. The number of carbonyl (C=O) groups excluding carboxylic acids is 3. The summed E-state index contributed by atoms with van der Waals surface area (Å²) >= 11 is 0. The van der Waals surface area contributed by atoms with Crippen LogP contribution in [0.4, 0.5) is 0 Å². The Kier molecular flexibility index (Phi) is 6.90. The van der Waals surface area contributed by atoms with Crippen LogP contribution in [0.15, 0.2) is 53.4 Å². The second-order valence-electron chi connectivity index (χ2n) is 8.30. The number of hydrogen-bond donors (Lipinski definition) is 1. The molecule has 33 heavy (non-hydrogen) atoms. The van der Waals surface area contributed by atoms with Crippen molar-refractivity contribution >= 4 is 27.7 Å². The van der Waals surface area contributed by atoms with Gasteiger partial charge in [0.1, 0.15) is 0 Å². The number of piperidine rings is 1. The van der Waals surface area contributed by atoms with Crippen molar-refractivity contribution in [2.75, 3.05) is 19.6 Å². The number of carbonyl (C=O) groups is 3. The number of rotatable bonds is 8. The van der Waals surface area contributed by atoms with Crippen LogP contribution in [0.25, 0.3) is 0 Å². The van der Waals surface area contributed by atoms with Gasteiger partial charge in [-0.05, 0) is 49.1 Å². The highest BCUT2D eigenvalue weighted by Crippen LogP contribution is 2.23. The summed E-state index contributed by atoms with van der Waals surface area (Å²) in [6.45, 7) is 1.45. The summed E-state index contributed by atoms with van der Waals surface area (Å²) in [6.07, 6.45) is 3.29. The van der Waals surface area contributed by atoms with Crippen LogP contribution in [0.3, 0.4) is 0 Å². The van der Waals surface area contributed by atoms with Crippen LogP contribution in [0, 0.1) is 0 Å². The second-order valence-corrected chi connectivity index (χ2v) is 10.2. The quantitative estimate of drug-likeness (QED) is 0.599. The zero-order chi connectivity index (χ0) is 23.4. The van der Waals surface area contributed by atoms with E-state index >= 15 is 0 Å². The Morgan fingerprint density at radius 2 is 1.58 bits per heavy atom. The molecule has 2 aliphatic heterocycles. The number of imide groups is 1. The van der Waals surface area contributed by atoms with E-state index < -0.39 is 10.0 Å². The highest BCUT2D eigenvalue weighted by Gasteiger charge is 2.34. The molecule has 1 N–H and O–H groups in total. The van der Waals surface area contributed by atoms with E-state index in [4.69, 9.17) is 0 Å². The van der Waals surface area contributed by atoms with Crippen molar-refractivity contribution in [3.05, 3.63) is 65.2 Å². The zero-order valence-electron chi connectivity index (χ0n) is 18.3. The first-order chi connectivity index (χ1) is 15.9. The topological polar surface area (TPSA) is 104 Å². The van der Waals surface area contributed by atoms with Gasteiger partial charge in [-0.25, -0.2) is 8.42 Å². The van der Waals surface area contributed by atoms with E-state index in [0.717, 1.165) is 19.3 Å². The summed E-state index contributed by atoms with van der Waals surface area (Å²) < 4.78 is 27.2. The lowest BCUT2D eigenvalue weighted by atomic mass is 10.1. The van der Waals surface area contributed by atoms with Gasteiger partial charge >= 0.3 is 0 Å². The predicted molar refractivity (Wildman–Crippen MR) is 122 cm³/mol. The average molecular weight is 470 g/mol. The number of nitrogens with one attached hydrogen (secondary N) is 1. The molecule has 1 saturated heterocycles. The van der Waals surface area contributed by atoms with Crippen LogP contribution >= 0.6 is 0 Å². The lowest BCUT2D eigenvalue weighted by Gasteiger charge is -2.26. The average Bonchev–Trinajstić information content (AvgIpc) is 3.08. The van der Waals surface area contributed by atoms with Crippen molar-refractivity contribution in [3.63, 3.8) is 0 Å². The van der Waals surface area contributed by atoms with E-state index in [1.165, 1.54) is 9.21 Å². The van der Waals surface area contributed by atoms with Crippen LogP contribution in [0.5, 0.6) is 0 Å². The molecule has 2 aromatic carbocycles. The molecule has 0 spiro atoms. The molecule has 0 radical (unpaired) electrons. The molecule has 0 aliphatic carbocycles. The smallest absolute Gasteiger partial charge is 0.261 e. The fraction of sp³-hybridized carbons (Fsp3) is 0.375. The lowest BCUT2D eigenvalue weighted by molar-refractivity contribution is -0.121. The molecule has 174 valence electrons. The first kappa shape index (κ1) is 23.1. The molecule has 2 aliphatic rings. The largest absolute Gasteiger partial charge is 0.352 e. The molecule has 2 heterocycles. The zero-order valence-corrected chi connectivity index (χ0v) is 19.1. The third-order valence-electron chi connectivity index (χ3n) is 6.00. The van der Waals surface area contributed by atoms with Crippen molar-refractivity contribution in [2.24, 2.45) is 0 Å². The minimum atomic E-state index is -3.53. The summed E-state index contributed by atoms with van der Waals surface area (Å²) in [6, 6.07) is 13.3. The highest BCUT2D eigenvalue weighted by atomic mass is 32.2. The number of nitrogens with zero attached hydrogens (tertiary/aromatic N) is 2. The summed E-state index contributed by atoms with van der Waals surface area (Å²) in [7, 11) is -3.53. The van der Waals surface area contributed by atoms with Crippen molar-refractivity contribution in [1.29, 1.82) is 0 Å². The summed E-state index contributed by atoms with van der Waals surface area (Å²) in [5.74, 6) is -0.888. The highest BCUT2D eigenvalue weighted by molar-refractivity contribution is 7.89. The van der Waals surface area contributed by atoms with Crippen LogP contribution < -0.4 is 5.32 Å². The first-order valence-corrected chi connectivity index (χ1v) is 12.6. The molecule has 0 saturated carbocycles. The van der Waals surface area contributed by atoms with Crippen LogP contribution in [0.1, 0.15) is 58.4 Å². The fourth-order valence-corrected chi connectivity index (χ4v) is 5.79. The fourth-order valence-electron chi connectivity index (χ4n) is 4.20. The van der Waals surface area contributed by atoms with Crippen LogP contribution in [0.2, 0.25) is 0 Å². The molecule has 0 atom stereocenters. The van der Waals surface area contributed by atoms with Crippen molar-refractivity contribution in [1.82, 2.24) is 14.5 Å². The molecule has 1 fully saturated rings. The first-order valence-electron chi connectivity index (χ1n) is 11.2.